The Balaban J connectivity index is 2.11. The lowest BCUT2D eigenvalue weighted by atomic mass is 10.1. The molecule has 7 nitrogen and oxygen atoms in total. The molecule has 9 heteroatoms. The zero-order valence-corrected chi connectivity index (χ0v) is 12.8. The number of hydrogen-bond acceptors (Lipinski definition) is 5. The second-order valence-corrected chi connectivity index (χ2v) is 6.47. The number of nitrogens with one attached hydrogen (secondary N) is 1. The summed E-state index contributed by atoms with van der Waals surface area (Å²) in [5, 5.41) is -0.316. The highest BCUT2D eigenvalue weighted by Crippen LogP contribution is 2.40. The first-order valence-electron chi connectivity index (χ1n) is 7.85. The number of H-pyrrole nitrogens is 1. The van der Waals surface area contributed by atoms with Crippen LogP contribution in [0.1, 0.15) is 25.3 Å². The molecular formula is C15H17F2N5O2. The number of hydrogen-bond donors (Lipinski definition) is 3. The van der Waals surface area contributed by atoms with Crippen LogP contribution in [0.5, 0.6) is 0 Å². The third kappa shape index (κ3) is 2.04. The molecule has 0 radical (unpaired) electrons. The Labute approximate surface area is 134 Å². The fraction of sp³-hybridized carbons (Fsp3) is 0.467. The van der Waals surface area contributed by atoms with Crippen LogP contribution < -0.4 is 27.6 Å². The standard InChI is InChI=1S/C15H17F2N5O2/c16-9-11(19)8-12(10(17)13(9)21-4-3-6(18)5-21)22(7-1-2-7)15(24)20-14(8)23/h6-7H,1-5,18-19H2,(H,20,23,24). The number of aromatic amines is 1. The zero-order chi connectivity index (χ0) is 17.2. The van der Waals surface area contributed by atoms with Gasteiger partial charge in [-0.1, -0.05) is 0 Å². The Hall–Kier alpha value is -2.42. The summed E-state index contributed by atoms with van der Waals surface area (Å²) in [5.74, 6) is -1.92. The molecule has 4 rings (SSSR count). The molecule has 1 aliphatic heterocycles. The van der Waals surface area contributed by atoms with Crippen LogP contribution in [0.2, 0.25) is 0 Å². The summed E-state index contributed by atoms with van der Waals surface area (Å²) in [6.07, 6.45) is 1.99. The van der Waals surface area contributed by atoms with Gasteiger partial charge < -0.3 is 16.4 Å². The third-order valence-corrected chi connectivity index (χ3v) is 4.73. The van der Waals surface area contributed by atoms with E-state index in [1.165, 1.54) is 9.47 Å². The van der Waals surface area contributed by atoms with E-state index in [0.29, 0.717) is 25.8 Å². The van der Waals surface area contributed by atoms with E-state index in [9.17, 15) is 14.0 Å². The SMILES string of the molecule is Nc1c(F)c(N2CCC(N)C2)c(F)c2c1c(=O)[nH]c(=O)n2C1CC1. The lowest BCUT2D eigenvalue weighted by Crippen LogP contribution is -2.33. The van der Waals surface area contributed by atoms with Gasteiger partial charge in [0.05, 0.1) is 16.6 Å². The smallest absolute Gasteiger partial charge is 0.329 e. The van der Waals surface area contributed by atoms with Gasteiger partial charge in [0.15, 0.2) is 11.6 Å². The quantitative estimate of drug-likeness (QED) is 0.688. The first-order chi connectivity index (χ1) is 11.4. The number of nitrogen functional groups attached to an aromatic ring is 1. The van der Waals surface area contributed by atoms with Gasteiger partial charge in [0.1, 0.15) is 5.69 Å². The zero-order valence-electron chi connectivity index (χ0n) is 12.8. The number of fused-ring (bicyclic) bond motifs is 1. The molecule has 0 bridgehead atoms. The minimum atomic E-state index is -0.986. The van der Waals surface area contributed by atoms with Crippen LogP contribution in [-0.2, 0) is 0 Å². The van der Waals surface area contributed by atoms with Crippen molar-refractivity contribution in [1.82, 2.24) is 9.55 Å². The van der Waals surface area contributed by atoms with Crippen molar-refractivity contribution in [3.8, 4) is 0 Å². The summed E-state index contributed by atoms with van der Waals surface area (Å²) < 4.78 is 31.1. The van der Waals surface area contributed by atoms with Crippen molar-refractivity contribution in [2.75, 3.05) is 23.7 Å². The van der Waals surface area contributed by atoms with E-state index in [1.54, 1.807) is 0 Å². The third-order valence-electron chi connectivity index (χ3n) is 4.73. The topological polar surface area (TPSA) is 110 Å². The molecule has 2 aliphatic rings. The Kier molecular flexibility index (Phi) is 3.17. The largest absolute Gasteiger partial charge is 0.396 e. The Morgan fingerprint density at radius 3 is 2.42 bits per heavy atom. The molecule has 1 saturated carbocycles. The first kappa shape index (κ1) is 15.1. The summed E-state index contributed by atoms with van der Waals surface area (Å²) in [5.41, 5.74) is 9.05. The van der Waals surface area contributed by atoms with Crippen molar-refractivity contribution in [2.45, 2.75) is 31.3 Å². The Bertz CT molecular complexity index is 963. The van der Waals surface area contributed by atoms with E-state index < -0.39 is 28.6 Å². The lowest BCUT2D eigenvalue weighted by molar-refractivity contribution is 0.576. The van der Waals surface area contributed by atoms with E-state index >= 15 is 4.39 Å². The maximum Gasteiger partial charge on any atom is 0.329 e. The van der Waals surface area contributed by atoms with Gasteiger partial charge in [-0.05, 0) is 19.3 Å². The van der Waals surface area contributed by atoms with Gasteiger partial charge in [0.2, 0.25) is 0 Å². The number of nitrogens with zero attached hydrogens (tertiary/aromatic N) is 2. The fourth-order valence-corrected chi connectivity index (χ4v) is 3.41. The van der Waals surface area contributed by atoms with Crippen molar-refractivity contribution in [1.29, 1.82) is 0 Å². The maximum absolute atomic E-state index is 15.2. The molecule has 5 N–H and O–H groups in total. The molecule has 2 aromatic rings. The van der Waals surface area contributed by atoms with Crippen molar-refractivity contribution in [3.05, 3.63) is 32.5 Å². The highest BCUT2D eigenvalue weighted by atomic mass is 19.1. The number of nitrogens with two attached hydrogens (primary N) is 2. The van der Waals surface area contributed by atoms with Crippen molar-refractivity contribution < 1.29 is 8.78 Å². The van der Waals surface area contributed by atoms with E-state index in [-0.39, 0.29) is 35.2 Å². The van der Waals surface area contributed by atoms with Crippen LogP contribution in [0.15, 0.2) is 9.59 Å². The van der Waals surface area contributed by atoms with Crippen LogP contribution in [0.3, 0.4) is 0 Å². The van der Waals surface area contributed by atoms with Crippen LogP contribution in [0.25, 0.3) is 10.9 Å². The van der Waals surface area contributed by atoms with Crippen LogP contribution in [0.4, 0.5) is 20.2 Å². The number of rotatable bonds is 2. The molecule has 0 spiro atoms. The highest BCUT2D eigenvalue weighted by Gasteiger charge is 2.34. The van der Waals surface area contributed by atoms with Gasteiger partial charge >= 0.3 is 5.69 Å². The number of halogens is 2. The second kappa shape index (κ2) is 5.04. The molecule has 1 saturated heterocycles. The van der Waals surface area contributed by atoms with Crippen LogP contribution >= 0.6 is 0 Å². The predicted octanol–water partition coefficient (Wildman–Crippen LogP) is 0.422. The molecule has 1 aromatic carbocycles. The summed E-state index contributed by atoms with van der Waals surface area (Å²) in [4.78, 5) is 27.8. The van der Waals surface area contributed by atoms with E-state index in [1.807, 2.05) is 0 Å². The number of aromatic nitrogens is 2. The van der Waals surface area contributed by atoms with Gasteiger partial charge in [0.25, 0.3) is 5.56 Å². The molecule has 1 atom stereocenters. The van der Waals surface area contributed by atoms with Crippen molar-refractivity contribution in [3.63, 3.8) is 0 Å². The fourth-order valence-electron chi connectivity index (χ4n) is 3.41. The molecule has 0 amide bonds. The minimum Gasteiger partial charge on any atom is -0.396 e. The average molecular weight is 337 g/mol. The lowest BCUT2D eigenvalue weighted by Gasteiger charge is -2.22. The number of benzene rings is 1. The van der Waals surface area contributed by atoms with Gasteiger partial charge in [-0.25, -0.2) is 13.6 Å². The molecule has 1 aliphatic carbocycles. The summed E-state index contributed by atoms with van der Waals surface area (Å²) in [6, 6.07) is -0.393. The Morgan fingerprint density at radius 2 is 1.83 bits per heavy atom. The van der Waals surface area contributed by atoms with E-state index in [0.717, 1.165) is 0 Å². The van der Waals surface area contributed by atoms with Crippen LogP contribution in [0, 0.1) is 11.6 Å². The normalized spacial score (nSPS) is 21.0. The van der Waals surface area contributed by atoms with Crippen molar-refractivity contribution >= 4 is 22.3 Å². The second-order valence-electron chi connectivity index (χ2n) is 6.47. The summed E-state index contributed by atoms with van der Waals surface area (Å²) in [7, 11) is 0. The van der Waals surface area contributed by atoms with Crippen LogP contribution in [-0.4, -0.2) is 28.7 Å². The molecular weight excluding hydrogens is 320 g/mol. The predicted molar refractivity (Wildman–Crippen MR) is 86.2 cm³/mol. The first-order valence-corrected chi connectivity index (χ1v) is 7.85. The van der Waals surface area contributed by atoms with Gasteiger partial charge in [0, 0.05) is 25.2 Å². The maximum atomic E-state index is 15.2. The Morgan fingerprint density at radius 1 is 1.12 bits per heavy atom. The summed E-state index contributed by atoms with van der Waals surface area (Å²) >= 11 is 0. The molecule has 1 aromatic heterocycles. The van der Waals surface area contributed by atoms with E-state index in [4.69, 9.17) is 11.5 Å². The van der Waals surface area contributed by atoms with Gasteiger partial charge in [-0.2, -0.15) is 0 Å². The van der Waals surface area contributed by atoms with Gasteiger partial charge in [-0.15, -0.1) is 0 Å². The van der Waals surface area contributed by atoms with E-state index in [2.05, 4.69) is 4.98 Å². The average Bonchev–Trinajstić information content (AvgIpc) is 3.26. The molecule has 1 unspecified atom stereocenters. The minimum absolute atomic E-state index is 0.189. The molecule has 2 heterocycles. The van der Waals surface area contributed by atoms with Crippen molar-refractivity contribution in [2.24, 2.45) is 5.73 Å². The number of anilines is 2. The molecule has 2 fully saturated rings. The highest BCUT2D eigenvalue weighted by molar-refractivity contribution is 5.94. The monoisotopic (exact) mass is 337 g/mol. The van der Waals surface area contributed by atoms with Gasteiger partial charge in [-0.3, -0.25) is 14.3 Å². The summed E-state index contributed by atoms with van der Waals surface area (Å²) in [6.45, 7) is 0.673. The molecule has 128 valence electrons. The molecule has 24 heavy (non-hydrogen) atoms.